The molecule has 1 heterocycles. The summed E-state index contributed by atoms with van der Waals surface area (Å²) >= 11 is 0. The van der Waals surface area contributed by atoms with E-state index in [-0.39, 0.29) is 22.9 Å². The second kappa shape index (κ2) is 8.72. The average Bonchev–Trinajstić information content (AvgIpc) is 3.17. The van der Waals surface area contributed by atoms with Crippen LogP contribution in [0.3, 0.4) is 0 Å². The van der Waals surface area contributed by atoms with Crippen molar-refractivity contribution >= 4 is 17.6 Å². The number of nitrogens with one attached hydrogen (secondary N) is 2. The van der Waals surface area contributed by atoms with E-state index in [1.807, 2.05) is 0 Å². The van der Waals surface area contributed by atoms with Crippen LogP contribution < -0.4 is 24.8 Å². The predicted octanol–water partition coefficient (Wildman–Crippen LogP) is 0.430. The summed E-state index contributed by atoms with van der Waals surface area (Å²) in [7, 11) is 4.28. The summed E-state index contributed by atoms with van der Waals surface area (Å²) in [6.45, 7) is -0.611. The zero-order valence-electron chi connectivity index (χ0n) is 14.4. The first kappa shape index (κ1) is 19.1. The van der Waals surface area contributed by atoms with Crippen LogP contribution in [-0.4, -0.2) is 56.1 Å². The second-order valence-electron chi connectivity index (χ2n) is 5.00. The number of anilines is 1. The summed E-state index contributed by atoms with van der Waals surface area (Å²) in [6.07, 6.45) is 1.28. The van der Waals surface area contributed by atoms with Gasteiger partial charge in [-0.1, -0.05) is 5.16 Å². The Morgan fingerprint density at radius 1 is 1.19 bits per heavy atom. The molecule has 0 bridgehead atoms. The predicted molar refractivity (Wildman–Crippen MR) is 89.6 cm³/mol. The lowest BCUT2D eigenvalue weighted by atomic mass is 10.1. The van der Waals surface area contributed by atoms with E-state index in [2.05, 4.69) is 20.3 Å². The molecule has 2 amide bonds. The number of methoxy groups -OCH3 is 3. The summed E-state index contributed by atoms with van der Waals surface area (Å²) in [5.41, 5.74) is 0.159. The fraction of sp³-hybridized carbons (Fsp3) is 0.312. The van der Waals surface area contributed by atoms with E-state index in [0.29, 0.717) is 5.75 Å². The first-order valence-electron chi connectivity index (χ1n) is 7.47. The summed E-state index contributed by atoms with van der Waals surface area (Å²) < 4.78 is 20.2. The number of carbonyl (C=O) groups is 2. The highest BCUT2D eigenvalue weighted by Crippen LogP contribution is 2.38. The van der Waals surface area contributed by atoms with Crippen LogP contribution in [0.15, 0.2) is 29.0 Å². The quantitative estimate of drug-likeness (QED) is 0.613. The van der Waals surface area contributed by atoms with E-state index in [1.165, 1.54) is 45.8 Å². The van der Waals surface area contributed by atoms with Gasteiger partial charge in [0.15, 0.2) is 17.3 Å². The Balaban J connectivity index is 2.18. The normalized spacial score (nSPS) is 11.4. The monoisotopic (exact) mass is 365 g/mol. The number of benzene rings is 1. The number of hydrogen-bond acceptors (Lipinski definition) is 8. The molecular formula is C16H19N3O7. The van der Waals surface area contributed by atoms with Crippen LogP contribution >= 0.6 is 0 Å². The van der Waals surface area contributed by atoms with Crippen molar-refractivity contribution in [1.29, 1.82) is 0 Å². The Kier molecular flexibility index (Phi) is 6.39. The zero-order chi connectivity index (χ0) is 19.1. The SMILES string of the molecule is COc1cc(C(=O)N[C@@H](CO)C(=O)Nc2ccon2)cc(OC)c1OC. The van der Waals surface area contributed by atoms with Gasteiger partial charge in [0.25, 0.3) is 11.8 Å². The number of hydrogen-bond donors (Lipinski definition) is 3. The number of amides is 2. The maximum Gasteiger partial charge on any atom is 0.252 e. The molecule has 2 aromatic rings. The Hall–Kier alpha value is -3.27. The zero-order valence-corrected chi connectivity index (χ0v) is 14.4. The minimum Gasteiger partial charge on any atom is -0.493 e. The van der Waals surface area contributed by atoms with Crippen LogP contribution in [0.2, 0.25) is 0 Å². The molecule has 10 heteroatoms. The Morgan fingerprint density at radius 2 is 1.85 bits per heavy atom. The number of ether oxygens (including phenoxy) is 3. The molecule has 26 heavy (non-hydrogen) atoms. The molecule has 1 aromatic carbocycles. The minimum atomic E-state index is -1.20. The Labute approximate surface area is 149 Å². The van der Waals surface area contributed by atoms with Crippen LogP contribution in [0.4, 0.5) is 5.82 Å². The van der Waals surface area contributed by atoms with E-state index in [4.69, 9.17) is 14.2 Å². The van der Waals surface area contributed by atoms with Gasteiger partial charge < -0.3 is 34.5 Å². The minimum absolute atomic E-state index is 0.159. The van der Waals surface area contributed by atoms with Crippen LogP contribution in [0, 0.1) is 0 Å². The summed E-state index contributed by atoms with van der Waals surface area (Å²) in [6, 6.07) is 3.09. The highest BCUT2D eigenvalue weighted by molar-refractivity contribution is 6.01. The molecular weight excluding hydrogens is 346 g/mol. The molecule has 0 aliphatic heterocycles. The summed E-state index contributed by atoms with van der Waals surface area (Å²) in [5, 5.41) is 17.8. The smallest absolute Gasteiger partial charge is 0.252 e. The molecule has 0 fully saturated rings. The molecule has 0 saturated carbocycles. The largest absolute Gasteiger partial charge is 0.493 e. The third kappa shape index (κ3) is 4.22. The number of carbonyl (C=O) groups excluding carboxylic acids is 2. The van der Waals surface area contributed by atoms with Gasteiger partial charge in [0, 0.05) is 11.6 Å². The molecule has 1 aromatic heterocycles. The highest BCUT2D eigenvalue weighted by Gasteiger charge is 2.23. The average molecular weight is 365 g/mol. The van der Waals surface area contributed by atoms with Crippen molar-refractivity contribution in [2.24, 2.45) is 0 Å². The molecule has 140 valence electrons. The number of aliphatic hydroxyl groups is 1. The first-order valence-corrected chi connectivity index (χ1v) is 7.47. The van der Waals surface area contributed by atoms with Gasteiger partial charge in [-0.3, -0.25) is 9.59 Å². The summed E-state index contributed by atoms with van der Waals surface area (Å²) in [5.74, 6) is -0.209. The maximum absolute atomic E-state index is 12.5. The molecule has 0 aliphatic carbocycles. The molecule has 1 atom stereocenters. The van der Waals surface area contributed by atoms with Crippen molar-refractivity contribution in [3.05, 3.63) is 30.0 Å². The van der Waals surface area contributed by atoms with Crippen LogP contribution in [0.25, 0.3) is 0 Å². The number of aromatic nitrogens is 1. The van der Waals surface area contributed by atoms with Crippen molar-refractivity contribution in [3.63, 3.8) is 0 Å². The summed E-state index contributed by atoms with van der Waals surface area (Å²) in [4.78, 5) is 24.6. The van der Waals surface area contributed by atoms with E-state index in [0.717, 1.165) is 0 Å². The number of aliphatic hydroxyl groups excluding tert-OH is 1. The Bertz CT molecular complexity index is 736. The van der Waals surface area contributed by atoms with Gasteiger partial charge >= 0.3 is 0 Å². The molecule has 0 radical (unpaired) electrons. The topological polar surface area (TPSA) is 132 Å². The van der Waals surface area contributed by atoms with Crippen LogP contribution in [0.5, 0.6) is 17.2 Å². The van der Waals surface area contributed by atoms with Crippen molar-refractivity contribution in [2.45, 2.75) is 6.04 Å². The standard InChI is InChI=1S/C16H19N3O7/c1-23-11-6-9(7-12(24-2)14(11)25-3)15(21)17-10(8-20)16(22)18-13-4-5-26-19-13/h4-7,10,20H,8H2,1-3H3,(H,17,21)(H,18,19,22)/t10-/m0/s1. The van der Waals surface area contributed by atoms with E-state index in [1.54, 1.807) is 0 Å². The third-order valence-corrected chi connectivity index (χ3v) is 3.42. The highest BCUT2D eigenvalue weighted by atomic mass is 16.5. The number of nitrogens with zero attached hydrogens (tertiary/aromatic N) is 1. The van der Waals surface area contributed by atoms with Crippen molar-refractivity contribution in [3.8, 4) is 17.2 Å². The lowest BCUT2D eigenvalue weighted by Gasteiger charge is -2.17. The molecule has 3 N–H and O–H groups in total. The van der Waals surface area contributed by atoms with Gasteiger partial charge in [-0.15, -0.1) is 0 Å². The van der Waals surface area contributed by atoms with Gasteiger partial charge in [-0.2, -0.15) is 0 Å². The fourth-order valence-electron chi connectivity index (χ4n) is 2.14. The van der Waals surface area contributed by atoms with Crippen LogP contribution in [-0.2, 0) is 4.79 Å². The lowest BCUT2D eigenvalue weighted by molar-refractivity contribution is -0.118. The van der Waals surface area contributed by atoms with Gasteiger partial charge in [-0.05, 0) is 12.1 Å². The van der Waals surface area contributed by atoms with Gasteiger partial charge in [0.1, 0.15) is 12.3 Å². The molecule has 0 aliphatic rings. The fourth-order valence-corrected chi connectivity index (χ4v) is 2.14. The second-order valence-corrected chi connectivity index (χ2v) is 5.00. The molecule has 2 rings (SSSR count). The van der Waals surface area contributed by atoms with Gasteiger partial charge in [0.2, 0.25) is 5.75 Å². The van der Waals surface area contributed by atoms with Gasteiger partial charge in [0.05, 0.1) is 27.9 Å². The van der Waals surface area contributed by atoms with Crippen molar-refractivity contribution in [2.75, 3.05) is 33.3 Å². The van der Waals surface area contributed by atoms with E-state index in [9.17, 15) is 14.7 Å². The van der Waals surface area contributed by atoms with Crippen molar-refractivity contribution in [1.82, 2.24) is 10.5 Å². The van der Waals surface area contributed by atoms with Gasteiger partial charge in [-0.25, -0.2) is 0 Å². The number of rotatable bonds is 8. The van der Waals surface area contributed by atoms with Crippen LogP contribution in [0.1, 0.15) is 10.4 Å². The van der Waals surface area contributed by atoms with E-state index < -0.39 is 24.5 Å². The van der Waals surface area contributed by atoms with Crippen molar-refractivity contribution < 1.29 is 33.4 Å². The Morgan fingerprint density at radius 3 is 2.31 bits per heavy atom. The first-order chi connectivity index (χ1) is 12.5. The maximum atomic E-state index is 12.5. The third-order valence-electron chi connectivity index (χ3n) is 3.42. The van der Waals surface area contributed by atoms with E-state index >= 15 is 0 Å². The molecule has 0 spiro atoms. The lowest BCUT2D eigenvalue weighted by Crippen LogP contribution is -2.46. The molecule has 10 nitrogen and oxygen atoms in total. The molecule has 0 unspecified atom stereocenters. The molecule has 0 saturated heterocycles.